The molecule has 0 aromatic heterocycles. The standard InChI is InChI=1S/C11H9ClN2O/c1-6-8(12)4-3-7-9(5-13)14(2)11(15)10(6)7/h3-4,9H,1-2H3. The summed E-state index contributed by atoms with van der Waals surface area (Å²) in [6.45, 7) is 1.80. The Morgan fingerprint density at radius 1 is 1.53 bits per heavy atom. The van der Waals surface area contributed by atoms with Crippen LogP contribution in [0.2, 0.25) is 5.02 Å². The van der Waals surface area contributed by atoms with Gasteiger partial charge in [0.2, 0.25) is 0 Å². The molecule has 0 spiro atoms. The summed E-state index contributed by atoms with van der Waals surface area (Å²) < 4.78 is 0. The molecule has 1 amide bonds. The first-order valence-electron chi connectivity index (χ1n) is 4.53. The molecule has 0 radical (unpaired) electrons. The Balaban J connectivity index is 2.72. The molecule has 1 atom stereocenters. The Kier molecular flexibility index (Phi) is 2.17. The Morgan fingerprint density at radius 2 is 2.20 bits per heavy atom. The van der Waals surface area contributed by atoms with Crippen molar-refractivity contribution in [2.45, 2.75) is 13.0 Å². The summed E-state index contributed by atoms with van der Waals surface area (Å²) in [6.07, 6.45) is 0. The smallest absolute Gasteiger partial charge is 0.255 e. The van der Waals surface area contributed by atoms with Gasteiger partial charge < -0.3 is 4.90 Å². The molecule has 0 fully saturated rings. The minimum absolute atomic E-state index is 0.128. The van der Waals surface area contributed by atoms with Gasteiger partial charge in [0, 0.05) is 17.6 Å². The van der Waals surface area contributed by atoms with Crippen LogP contribution in [-0.4, -0.2) is 17.9 Å². The van der Waals surface area contributed by atoms with Gasteiger partial charge in [-0.3, -0.25) is 4.79 Å². The van der Waals surface area contributed by atoms with Crippen LogP contribution in [0, 0.1) is 18.3 Å². The van der Waals surface area contributed by atoms with Crippen molar-refractivity contribution in [3.05, 3.63) is 33.8 Å². The summed E-state index contributed by atoms with van der Waals surface area (Å²) in [4.78, 5) is 13.3. The van der Waals surface area contributed by atoms with Crippen molar-refractivity contribution in [2.75, 3.05) is 7.05 Å². The lowest BCUT2D eigenvalue weighted by atomic mass is 10.0. The molecule has 0 N–H and O–H groups in total. The van der Waals surface area contributed by atoms with Crippen LogP contribution in [0.3, 0.4) is 0 Å². The van der Waals surface area contributed by atoms with Crippen molar-refractivity contribution >= 4 is 17.5 Å². The van der Waals surface area contributed by atoms with E-state index in [1.807, 2.05) is 0 Å². The predicted molar refractivity (Wildman–Crippen MR) is 56.6 cm³/mol. The van der Waals surface area contributed by atoms with Gasteiger partial charge in [-0.05, 0) is 18.6 Å². The number of fused-ring (bicyclic) bond motifs is 1. The van der Waals surface area contributed by atoms with Crippen LogP contribution in [0.15, 0.2) is 12.1 Å². The highest BCUT2D eigenvalue weighted by Gasteiger charge is 2.35. The first-order chi connectivity index (χ1) is 7.07. The van der Waals surface area contributed by atoms with E-state index in [2.05, 4.69) is 6.07 Å². The SMILES string of the molecule is Cc1c(Cl)ccc2c1C(=O)N(C)C2C#N. The number of halogens is 1. The van der Waals surface area contributed by atoms with Gasteiger partial charge in [-0.15, -0.1) is 0 Å². The van der Waals surface area contributed by atoms with Crippen molar-refractivity contribution in [3.63, 3.8) is 0 Å². The predicted octanol–water partition coefficient (Wildman–Crippen LogP) is 2.30. The van der Waals surface area contributed by atoms with Crippen LogP contribution in [0.5, 0.6) is 0 Å². The second kappa shape index (κ2) is 3.25. The lowest BCUT2D eigenvalue weighted by Crippen LogP contribution is -2.22. The molecule has 1 aliphatic rings. The summed E-state index contributed by atoms with van der Waals surface area (Å²) in [5.41, 5.74) is 2.09. The summed E-state index contributed by atoms with van der Waals surface area (Å²) in [6, 6.07) is 5.10. The van der Waals surface area contributed by atoms with Gasteiger partial charge >= 0.3 is 0 Å². The molecule has 0 aliphatic carbocycles. The van der Waals surface area contributed by atoms with E-state index in [9.17, 15) is 4.79 Å². The van der Waals surface area contributed by atoms with Crippen molar-refractivity contribution in [2.24, 2.45) is 0 Å². The highest BCUT2D eigenvalue weighted by molar-refractivity contribution is 6.32. The van der Waals surface area contributed by atoms with Gasteiger partial charge in [0.15, 0.2) is 0 Å². The van der Waals surface area contributed by atoms with E-state index < -0.39 is 6.04 Å². The molecule has 1 unspecified atom stereocenters. The van der Waals surface area contributed by atoms with Gasteiger partial charge in [-0.2, -0.15) is 5.26 Å². The van der Waals surface area contributed by atoms with E-state index in [0.717, 1.165) is 11.1 Å². The van der Waals surface area contributed by atoms with E-state index in [0.29, 0.717) is 10.6 Å². The number of carbonyl (C=O) groups is 1. The van der Waals surface area contributed by atoms with E-state index in [1.54, 1.807) is 26.1 Å². The third-order valence-corrected chi connectivity index (χ3v) is 3.18. The van der Waals surface area contributed by atoms with Crippen LogP contribution < -0.4 is 0 Å². The van der Waals surface area contributed by atoms with E-state index >= 15 is 0 Å². The van der Waals surface area contributed by atoms with Crippen LogP contribution in [0.25, 0.3) is 0 Å². The Hall–Kier alpha value is -1.53. The van der Waals surface area contributed by atoms with Crippen LogP contribution in [0.1, 0.15) is 27.5 Å². The third kappa shape index (κ3) is 1.22. The molecular weight excluding hydrogens is 212 g/mol. The molecule has 15 heavy (non-hydrogen) atoms. The Morgan fingerprint density at radius 3 is 2.80 bits per heavy atom. The largest absolute Gasteiger partial charge is 0.322 e. The van der Waals surface area contributed by atoms with Crippen molar-refractivity contribution in [1.29, 1.82) is 5.26 Å². The highest BCUT2D eigenvalue weighted by Crippen LogP contribution is 2.36. The maximum atomic E-state index is 11.9. The van der Waals surface area contributed by atoms with Crippen molar-refractivity contribution in [1.82, 2.24) is 4.90 Å². The summed E-state index contributed by atoms with van der Waals surface area (Å²) in [5, 5.41) is 9.55. The molecule has 0 saturated carbocycles. The average Bonchev–Trinajstić information content (AvgIpc) is 2.46. The molecule has 2 rings (SSSR count). The summed E-state index contributed by atoms with van der Waals surface area (Å²) in [7, 11) is 1.63. The second-order valence-corrected chi connectivity index (χ2v) is 3.99. The molecule has 0 saturated heterocycles. The fourth-order valence-corrected chi connectivity index (χ4v) is 2.03. The normalized spacial score (nSPS) is 18.9. The van der Waals surface area contributed by atoms with Gasteiger partial charge in [-0.1, -0.05) is 17.7 Å². The van der Waals surface area contributed by atoms with Crippen LogP contribution in [-0.2, 0) is 0 Å². The maximum absolute atomic E-state index is 11.9. The zero-order valence-electron chi connectivity index (χ0n) is 8.41. The average molecular weight is 221 g/mol. The zero-order chi connectivity index (χ0) is 11.2. The molecule has 76 valence electrons. The summed E-state index contributed by atoms with van der Waals surface area (Å²) in [5.74, 6) is -0.128. The molecule has 1 aromatic carbocycles. The van der Waals surface area contributed by atoms with Crippen LogP contribution >= 0.6 is 11.6 Å². The minimum Gasteiger partial charge on any atom is -0.322 e. The topological polar surface area (TPSA) is 44.1 Å². The van der Waals surface area contributed by atoms with E-state index in [4.69, 9.17) is 16.9 Å². The lowest BCUT2D eigenvalue weighted by molar-refractivity contribution is 0.0799. The molecule has 4 heteroatoms. The quantitative estimate of drug-likeness (QED) is 0.674. The molecule has 1 aliphatic heterocycles. The molecular formula is C11H9ClN2O. The molecule has 0 bridgehead atoms. The summed E-state index contributed by atoms with van der Waals surface area (Å²) >= 11 is 5.94. The minimum atomic E-state index is -0.483. The first-order valence-corrected chi connectivity index (χ1v) is 4.91. The lowest BCUT2D eigenvalue weighted by Gasteiger charge is -2.11. The third-order valence-electron chi connectivity index (χ3n) is 2.77. The fraction of sp³-hybridized carbons (Fsp3) is 0.273. The monoisotopic (exact) mass is 220 g/mol. The van der Waals surface area contributed by atoms with Gasteiger partial charge in [0.1, 0.15) is 6.04 Å². The van der Waals surface area contributed by atoms with Crippen molar-refractivity contribution in [3.8, 4) is 6.07 Å². The fourth-order valence-electron chi connectivity index (χ4n) is 1.88. The zero-order valence-corrected chi connectivity index (χ0v) is 9.17. The number of hydrogen-bond donors (Lipinski definition) is 0. The highest BCUT2D eigenvalue weighted by atomic mass is 35.5. The number of nitrogens with zero attached hydrogens (tertiary/aromatic N) is 2. The number of benzene rings is 1. The number of hydrogen-bond acceptors (Lipinski definition) is 2. The Labute approximate surface area is 92.9 Å². The molecule has 1 aromatic rings. The molecule has 1 heterocycles. The van der Waals surface area contributed by atoms with Gasteiger partial charge in [-0.25, -0.2) is 0 Å². The number of nitriles is 1. The van der Waals surface area contributed by atoms with Crippen LogP contribution in [0.4, 0.5) is 0 Å². The van der Waals surface area contributed by atoms with Gasteiger partial charge in [0.25, 0.3) is 5.91 Å². The van der Waals surface area contributed by atoms with Gasteiger partial charge in [0.05, 0.1) is 11.6 Å². The molecule has 3 nitrogen and oxygen atoms in total. The van der Waals surface area contributed by atoms with E-state index in [-0.39, 0.29) is 5.91 Å². The number of carbonyl (C=O) groups excluding carboxylic acids is 1. The second-order valence-electron chi connectivity index (χ2n) is 3.58. The number of rotatable bonds is 0. The number of amides is 1. The maximum Gasteiger partial charge on any atom is 0.255 e. The first kappa shape index (κ1) is 10.0. The Bertz CT molecular complexity index is 490. The van der Waals surface area contributed by atoms with E-state index in [1.165, 1.54) is 4.90 Å². The van der Waals surface area contributed by atoms with Crippen molar-refractivity contribution < 1.29 is 4.79 Å².